The number of amides is 3. The van der Waals surface area contributed by atoms with Crippen LogP contribution in [-0.4, -0.2) is 36.0 Å². The molecule has 27 heavy (non-hydrogen) atoms. The Morgan fingerprint density at radius 1 is 1.22 bits per heavy atom. The lowest BCUT2D eigenvalue weighted by Crippen LogP contribution is -2.41. The number of ketones is 1. The number of nitrogens with zero attached hydrogens (tertiary/aromatic N) is 1. The number of imide groups is 1. The van der Waals surface area contributed by atoms with Gasteiger partial charge in [0.05, 0.1) is 6.54 Å². The maximum Gasteiger partial charge on any atom is 0.325 e. The van der Waals surface area contributed by atoms with E-state index in [1.165, 1.54) is 11.3 Å². The molecule has 0 radical (unpaired) electrons. The van der Waals surface area contributed by atoms with Gasteiger partial charge >= 0.3 is 6.03 Å². The molecular formula is C19H18N2O5S. The zero-order valence-corrected chi connectivity index (χ0v) is 15.9. The molecule has 1 atom stereocenters. The van der Waals surface area contributed by atoms with Crippen LogP contribution in [0.3, 0.4) is 0 Å². The van der Waals surface area contributed by atoms with E-state index in [0.29, 0.717) is 22.6 Å². The van der Waals surface area contributed by atoms with Crippen molar-refractivity contribution in [1.82, 2.24) is 10.2 Å². The van der Waals surface area contributed by atoms with Gasteiger partial charge in [0.2, 0.25) is 6.79 Å². The van der Waals surface area contributed by atoms with Gasteiger partial charge in [-0.05, 0) is 44.5 Å². The van der Waals surface area contributed by atoms with E-state index in [-0.39, 0.29) is 19.1 Å². The molecule has 1 saturated heterocycles. The summed E-state index contributed by atoms with van der Waals surface area (Å²) in [5, 5.41) is 2.71. The van der Waals surface area contributed by atoms with Gasteiger partial charge in [0.1, 0.15) is 5.54 Å². The first-order chi connectivity index (χ1) is 12.8. The number of carbonyl (C=O) groups is 3. The fraction of sp³-hybridized carbons (Fsp3) is 0.316. The van der Waals surface area contributed by atoms with Crippen molar-refractivity contribution < 1.29 is 23.9 Å². The van der Waals surface area contributed by atoms with Crippen molar-refractivity contribution in [2.24, 2.45) is 0 Å². The summed E-state index contributed by atoms with van der Waals surface area (Å²) >= 11 is 1.51. The number of carbonyl (C=O) groups excluding carboxylic acids is 3. The first kappa shape index (κ1) is 17.5. The van der Waals surface area contributed by atoms with Crippen molar-refractivity contribution in [3.8, 4) is 11.5 Å². The molecule has 1 aromatic carbocycles. The smallest absolute Gasteiger partial charge is 0.325 e. The van der Waals surface area contributed by atoms with E-state index >= 15 is 0 Å². The van der Waals surface area contributed by atoms with E-state index in [1.807, 2.05) is 13.8 Å². The number of aryl methyl sites for hydroxylation is 2. The molecule has 1 N–H and O–H groups in total. The van der Waals surface area contributed by atoms with E-state index in [4.69, 9.17) is 9.47 Å². The van der Waals surface area contributed by atoms with Crippen LogP contribution in [0.15, 0.2) is 24.3 Å². The van der Waals surface area contributed by atoms with Gasteiger partial charge in [-0.15, -0.1) is 11.3 Å². The first-order valence-electron chi connectivity index (χ1n) is 8.44. The molecule has 1 aromatic heterocycles. The number of rotatable bonds is 4. The minimum Gasteiger partial charge on any atom is -0.454 e. The summed E-state index contributed by atoms with van der Waals surface area (Å²) in [5.41, 5.74) is -0.143. The molecule has 2 aliphatic heterocycles. The van der Waals surface area contributed by atoms with Crippen LogP contribution < -0.4 is 14.8 Å². The quantitative estimate of drug-likeness (QED) is 0.645. The molecule has 0 bridgehead atoms. The summed E-state index contributed by atoms with van der Waals surface area (Å²) < 4.78 is 10.6. The number of ether oxygens (including phenoxy) is 2. The lowest BCUT2D eigenvalue weighted by atomic mass is 9.91. The highest BCUT2D eigenvalue weighted by molar-refractivity contribution is 7.12. The Balaban J connectivity index is 1.60. The van der Waals surface area contributed by atoms with Gasteiger partial charge in [-0.3, -0.25) is 14.5 Å². The summed E-state index contributed by atoms with van der Waals surface area (Å²) in [6.45, 7) is 5.22. The predicted octanol–water partition coefficient (Wildman–Crippen LogP) is 2.74. The van der Waals surface area contributed by atoms with Crippen molar-refractivity contribution in [2.45, 2.75) is 26.3 Å². The van der Waals surface area contributed by atoms with Crippen molar-refractivity contribution in [3.05, 3.63) is 45.1 Å². The minimum absolute atomic E-state index is 0.121. The number of benzene rings is 1. The topological polar surface area (TPSA) is 84.9 Å². The molecule has 1 fully saturated rings. The van der Waals surface area contributed by atoms with Crippen LogP contribution in [0.25, 0.3) is 0 Å². The Morgan fingerprint density at radius 2 is 1.96 bits per heavy atom. The second-order valence-corrected chi connectivity index (χ2v) is 8.23. The molecule has 0 saturated carbocycles. The first-order valence-corrected chi connectivity index (χ1v) is 9.26. The number of Topliss-reactive ketones (excluding diaryl/α,β-unsaturated/α-hetero) is 1. The molecule has 3 amide bonds. The number of hydrogen-bond acceptors (Lipinski definition) is 6. The Hall–Kier alpha value is -2.87. The van der Waals surface area contributed by atoms with Crippen molar-refractivity contribution >= 4 is 29.1 Å². The Bertz CT molecular complexity index is 982. The van der Waals surface area contributed by atoms with Crippen LogP contribution in [0, 0.1) is 13.8 Å². The van der Waals surface area contributed by atoms with Gasteiger partial charge in [0.25, 0.3) is 5.91 Å². The molecule has 7 nitrogen and oxygen atoms in total. The molecule has 0 spiro atoms. The number of thiophene rings is 1. The van der Waals surface area contributed by atoms with Crippen molar-refractivity contribution in [3.63, 3.8) is 0 Å². The summed E-state index contributed by atoms with van der Waals surface area (Å²) in [4.78, 5) is 41.0. The second kappa shape index (κ2) is 6.09. The molecule has 3 heterocycles. The lowest BCUT2D eigenvalue weighted by Gasteiger charge is -2.22. The van der Waals surface area contributed by atoms with E-state index in [2.05, 4.69) is 5.32 Å². The standard InChI is InChI=1S/C19H18N2O5S/c1-10-6-13(11(2)27-10)14(22)8-21-17(23)19(3,20-18(21)24)12-4-5-15-16(7-12)26-9-25-15/h4-7H,8-9H2,1-3H3,(H,20,24)/t19-/m1/s1. The third-order valence-electron chi connectivity index (χ3n) is 4.87. The van der Waals surface area contributed by atoms with Crippen molar-refractivity contribution in [1.29, 1.82) is 0 Å². The molecule has 0 unspecified atom stereocenters. The van der Waals surface area contributed by atoms with Crippen LogP contribution >= 0.6 is 11.3 Å². The zero-order chi connectivity index (χ0) is 19.3. The number of nitrogens with one attached hydrogen (secondary N) is 1. The maximum absolute atomic E-state index is 13.0. The maximum atomic E-state index is 13.0. The Labute approximate surface area is 159 Å². The number of urea groups is 1. The largest absolute Gasteiger partial charge is 0.454 e. The Kier molecular flexibility index (Phi) is 3.96. The van der Waals surface area contributed by atoms with Crippen LogP contribution in [-0.2, 0) is 10.3 Å². The highest BCUT2D eigenvalue weighted by atomic mass is 32.1. The van der Waals surface area contributed by atoms with Gasteiger partial charge in [0, 0.05) is 15.3 Å². The van der Waals surface area contributed by atoms with Gasteiger partial charge in [0.15, 0.2) is 17.3 Å². The number of fused-ring (bicyclic) bond motifs is 1. The molecule has 2 aromatic rings. The molecular weight excluding hydrogens is 368 g/mol. The Morgan fingerprint density at radius 3 is 2.67 bits per heavy atom. The monoisotopic (exact) mass is 386 g/mol. The zero-order valence-electron chi connectivity index (χ0n) is 15.1. The van der Waals surface area contributed by atoms with Crippen LogP contribution in [0.4, 0.5) is 4.79 Å². The van der Waals surface area contributed by atoms with E-state index in [0.717, 1.165) is 14.7 Å². The van der Waals surface area contributed by atoms with Crippen LogP contribution in [0.1, 0.15) is 32.6 Å². The SMILES string of the molecule is Cc1cc(C(=O)CN2C(=O)N[C@](C)(c3ccc4c(c3)OCO4)C2=O)c(C)s1. The third kappa shape index (κ3) is 2.76. The summed E-state index contributed by atoms with van der Waals surface area (Å²) in [7, 11) is 0. The average molecular weight is 386 g/mol. The molecule has 0 aliphatic carbocycles. The summed E-state index contributed by atoms with van der Waals surface area (Å²) in [5.74, 6) is 0.392. The van der Waals surface area contributed by atoms with Gasteiger partial charge in [-0.25, -0.2) is 4.79 Å². The van der Waals surface area contributed by atoms with Gasteiger partial charge in [-0.1, -0.05) is 6.07 Å². The van der Waals surface area contributed by atoms with Gasteiger partial charge < -0.3 is 14.8 Å². The van der Waals surface area contributed by atoms with E-state index in [9.17, 15) is 14.4 Å². The molecule has 2 aliphatic rings. The summed E-state index contributed by atoms with van der Waals surface area (Å²) in [6.07, 6.45) is 0. The highest BCUT2D eigenvalue weighted by Gasteiger charge is 2.50. The third-order valence-corrected chi connectivity index (χ3v) is 5.83. The fourth-order valence-electron chi connectivity index (χ4n) is 3.38. The summed E-state index contributed by atoms with van der Waals surface area (Å²) in [6, 6.07) is 6.30. The average Bonchev–Trinajstić information content (AvgIpc) is 3.28. The van der Waals surface area contributed by atoms with Crippen LogP contribution in [0.2, 0.25) is 0 Å². The minimum atomic E-state index is -1.27. The molecule has 4 rings (SSSR count). The molecule has 140 valence electrons. The van der Waals surface area contributed by atoms with E-state index < -0.39 is 17.5 Å². The van der Waals surface area contributed by atoms with Crippen molar-refractivity contribution in [2.75, 3.05) is 13.3 Å². The predicted molar refractivity (Wildman–Crippen MR) is 98.3 cm³/mol. The molecule has 8 heteroatoms. The highest BCUT2D eigenvalue weighted by Crippen LogP contribution is 2.38. The van der Waals surface area contributed by atoms with Crippen LogP contribution in [0.5, 0.6) is 11.5 Å². The van der Waals surface area contributed by atoms with Gasteiger partial charge in [-0.2, -0.15) is 0 Å². The van der Waals surface area contributed by atoms with E-state index in [1.54, 1.807) is 31.2 Å². The number of hydrogen-bond donors (Lipinski definition) is 1. The lowest BCUT2D eigenvalue weighted by molar-refractivity contribution is -0.130. The second-order valence-electron chi connectivity index (χ2n) is 6.76. The fourth-order valence-corrected chi connectivity index (χ4v) is 4.32. The normalized spacial score (nSPS) is 20.9.